The second kappa shape index (κ2) is 7.08. The van der Waals surface area contributed by atoms with Crippen LogP contribution in [0.1, 0.15) is 29.5 Å². The molecule has 0 radical (unpaired) electrons. The van der Waals surface area contributed by atoms with Crippen LogP contribution in [0.5, 0.6) is 0 Å². The molecule has 0 bridgehead atoms. The summed E-state index contributed by atoms with van der Waals surface area (Å²) in [6.45, 7) is 3.24. The number of carbonyl (C=O) groups excluding carboxylic acids is 1. The zero-order valence-corrected chi connectivity index (χ0v) is 12.8. The van der Waals surface area contributed by atoms with E-state index >= 15 is 0 Å². The van der Waals surface area contributed by atoms with Crippen molar-refractivity contribution < 1.29 is 4.79 Å². The van der Waals surface area contributed by atoms with E-state index in [2.05, 4.69) is 27.2 Å². The van der Waals surface area contributed by atoms with Gasteiger partial charge in [0, 0.05) is 31.5 Å². The number of imidazole rings is 1. The monoisotopic (exact) mass is 307 g/mol. The van der Waals surface area contributed by atoms with Crippen molar-refractivity contribution in [3.63, 3.8) is 0 Å². The first-order valence-corrected chi connectivity index (χ1v) is 7.13. The second-order valence-corrected chi connectivity index (χ2v) is 5.07. The number of amides is 1. The van der Waals surface area contributed by atoms with Crippen molar-refractivity contribution in [1.29, 1.82) is 0 Å². The SMILES string of the molecule is CCCNc1cc(C(=O)N(C)Cc2ncc[nH]2)cc(Cl)n1. The van der Waals surface area contributed by atoms with Crippen LogP contribution in [-0.2, 0) is 6.54 Å². The van der Waals surface area contributed by atoms with Crippen molar-refractivity contribution >= 4 is 23.3 Å². The number of nitrogens with one attached hydrogen (secondary N) is 2. The number of pyridine rings is 1. The molecule has 0 saturated carbocycles. The van der Waals surface area contributed by atoms with Gasteiger partial charge in [0.05, 0.1) is 6.54 Å². The van der Waals surface area contributed by atoms with Crippen molar-refractivity contribution in [1.82, 2.24) is 19.9 Å². The summed E-state index contributed by atoms with van der Waals surface area (Å²) in [4.78, 5) is 25.2. The fourth-order valence-electron chi connectivity index (χ4n) is 1.87. The van der Waals surface area contributed by atoms with Gasteiger partial charge in [-0.15, -0.1) is 0 Å². The molecule has 21 heavy (non-hydrogen) atoms. The lowest BCUT2D eigenvalue weighted by Crippen LogP contribution is -2.27. The van der Waals surface area contributed by atoms with E-state index in [0.29, 0.717) is 23.1 Å². The van der Waals surface area contributed by atoms with E-state index in [0.717, 1.165) is 18.8 Å². The summed E-state index contributed by atoms with van der Waals surface area (Å²) in [6.07, 6.45) is 4.35. The third-order valence-electron chi connectivity index (χ3n) is 2.89. The number of aromatic amines is 1. The summed E-state index contributed by atoms with van der Waals surface area (Å²) < 4.78 is 0. The minimum atomic E-state index is -0.129. The Hall–Kier alpha value is -2.08. The van der Waals surface area contributed by atoms with Crippen molar-refractivity contribution in [2.45, 2.75) is 19.9 Å². The lowest BCUT2D eigenvalue weighted by Gasteiger charge is -2.16. The van der Waals surface area contributed by atoms with Gasteiger partial charge in [0.25, 0.3) is 5.91 Å². The number of nitrogens with zero attached hydrogens (tertiary/aromatic N) is 3. The quantitative estimate of drug-likeness (QED) is 0.804. The molecule has 0 fully saturated rings. The summed E-state index contributed by atoms with van der Waals surface area (Å²) in [5.74, 6) is 1.21. The third kappa shape index (κ3) is 4.19. The van der Waals surface area contributed by atoms with E-state index in [1.807, 2.05) is 0 Å². The summed E-state index contributed by atoms with van der Waals surface area (Å²) >= 11 is 5.98. The molecule has 0 aromatic carbocycles. The van der Waals surface area contributed by atoms with Crippen LogP contribution >= 0.6 is 11.6 Å². The molecule has 0 aliphatic heterocycles. The van der Waals surface area contributed by atoms with Gasteiger partial charge in [-0.05, 0) is 18.6 Å². The van der Waals surface area contributed by atoms with Crippen LogP contribution in [0.3, 0.4) is 0 Å². The van der Waals surface area contributed by atoms with Gasteiger partial charge < -0.3 is 15.2 Å². The van der Waals surface area contributed by atoms with Crippen LogP contribution < -0.4 is 5.32 Å². The molecular formula is C14H18ClN5O. The molecule has 7 heteroatoms. The Morgan fingerprint density at radius 1 is 1.48 bits per heavy atom. The highest BCUT2D eigenvalue weighted by Crippen LogP contribution is 2.16. The minimum absolute atomic E-state index is 0.129. The first-order chi connectivity index (χ1) is 10.1. The first-order valence-electron chi connectivity index (χ1n) is 6.75. The Labute approximate surface area is 128 Å². The molecule has 2 rings (SSSR count). The Morgan fingerprint density at radius 2 is 2.29 bits per heavy atom. The zero-order chi connectivity index (χ0) is 15.2. The smallest absolute Gasteiger partial charge is 0.254 e. The molecule has 2 aromatic rings. The maximum absolute atomic E-state index is 12.4. The molecule has 112 valence electrons. The summed E-state index contributed by atoms with van der Waals surface area (Å²) in [7, 11) is 1.72. The molecular weight excluding hydrogens is 290 g/mol. The highest BCUT2D eigenvalue weighted by atomic mass is 35.5. The van der Waals surface area contributed by atoms with E-state index in [1.54, 1.807) is 36.5 Å². The topological polar surface area (TPSA) is 73.9 Å². The van der Waals surface area contributed by atoms with Gasteiger partial charge in [-0.1, -0.05) is 18.5 Å². The highest BCUT2D eigenvalue weighted by molar-refractivity contribution is 6.29. The number of hydrogen-bond acceptors (Lipinski definition) is 4. The molecule has 2 heterocycles. The maximum Gasteiger partial charge on any atom is 0.254 e. The number of aromatic nitrogens is 3. The average Bonchev–Trinajstić information content (AvgIpc) is 2.96. The predicted molar refractivity (Wildman–Crippen MR) is 82.4 cm³/mol. The number of anilines is 1. The number of halogens is 1. The average molecular weight is 308 g/mol. The van der Waals surface area contributed by atoms with Gasteiger partial charge in [-0.3, -0.25) is 4.79 Å². The van der Waals surface area contributed by atoms with Gasteiger partial charge in [0.15, 0.2) is 0 Å². The van der Waals surface area contributed by atoms with Crippen LogP contribution in [0.15, 0.2) is 24.5 Å². The van der Waals surface area contributed by atoms with E-state index in [1.165, 1.54) is 0 Å². The minimum Gasteiger partial charge on any atom is -0.370 e. The molecule has 0 aliphatic carbocycles. The van der Waals surface area contributed by atoms with Crippen LogP contribution in [0.25, 0.3) is 0 Å². The summed E-state index contributed by atoms with van der Waals surface area (Å²) in [5.41, 5.74) is 0.502. The lowest BCUT2D eigenvalue weighted by molar-refractivity contribution is 0.0782. The van der Waals surface area contributed by atoms with Crippen LogP contribution in [0, 0.1) is 0 Å². The molecule has 2 aromatic heterocycles. The number of carbonyl (C=O) groups is 1. The van der Waals surface area contributed by atoms with Crippen molar-refractivity contribution in [3.8, 4) is 0 Å². The summed E-state index contributed by atoms with van der Waals surface area (Å²) in [6, 6.07) is 3.28. The fourth-order valence-corrected chi connectivity index (χ4v) is 2.07. The normalized spacial score (nSPS) is 10.4. The zero-order valence-electron chi connectivity index (χ0n) is 12.1. The Kier molecular flexibility index (Phi) is 5.16. The summed E-state index contributed by atoms with van der Waals surface area (Å²) in [5, 5.41) is 3.43. The first kappa shape index (κ1) is 15.3. The lowest BCUT2D eigenvalue weighted by atomic mass is 10.2. The van der Waals surface area contributed by atoms with E-state index < -0.39 is 0 Å². The fraction of sp³-hybridized carbons (Fsp3) is 0.357. The Balaban J connectivity index is 2.12. The molecule has 6 nitrogen and oxygen atoms in total. The maximum atomic E-state index is 12.4. The molecule has 0 saturated heterocycles. The Morgan fingerprint density at radius 3 is 2.95 bits per heavy atom. The van der Waals surface area contributed by atoms with Crippen molar-refractivity contribution in [3.05, 3.63) is 41.1 Å². The highest BCUT2D eigenvalue weighted by Gasteiger charge is 2.15. The van der Waals surface area contributed by atoms with Gasteiger partial charge in [0.2, 0.25) is 0 Å². The van der Waals surface area contributed by atoms with Crippen LogP contribution in [0.4, 0.5) is 5.82 Å². The second-order valence-electron chi connectivity index (χ2n) is 4.69. The molecule has 0 spiro atoms. The standard InChI is InChI=1S/C14H18ClN5O/c1-3-4-16-12-8-10(7-11(15)19-12)14(21)20(2)9-13-17-5-6-18-13/h5-8H,3-4,9H2,1-2H3,(H,16,19)(H,17,18). The third-order valence-corrected chi connectivity index (χ3v) is 3.08. The van der Waals surface area contributed by atoms with Crippen molar-refractivity contribution in [2.24, 2.45) is 0 Å². The number of H-pyrrole nitrogens is 1. The van der Waals surface area contributed by atoms with E-state index in [9.17, 15) is 4.79 Å². The predicted octanol–water partition coefficient (Wildman–Crippen LogP) is 2.55. The van der Waals surface area contributed by atoms with E-state index in [4.69, 9.17) is 11.6 Å². The van der Waals surface area contributed by atoms with Gasteiger partial charge in [-0.25, -0.2) is 9.97 Å². The molecule has 0 aliphatic rings. The van der Waals surface area contributed by atoms with Crippen LogP contribution in [-0.4, -0.2) is 39.4 Å². The van der Waals surface area contributed by atoms with Crippen molar-refractivity contribution in [2.75, 3.05) is 18.9 Å². The Bertz CT molecular complexity index is 599. The molecule has 2 N–H and O–H groups in total. The van der Waals surface area contributed by atoms with E-state index in [-0.39, 0.29) is 5.91 Å². The van der Waals surface area contributed by atoms with Gasteiger partial charge in [-0.2, -0.15) is 0 Å². The van der Waals surface area contributed by atoms with Gasteiger partial charge >= 0.3 is 0 Å². The number of hydrogen-bond donors (Lipinski definition) is 2. The number of rotatable bonds is 6. The van der Waals surface area contributed by atoms with Crippen LogP contribution in [0.2, 0.25) is 5.15 Å². The molecule has 1 amide bonds. The largest absolute Gasteiger partial charge is 0.370 e. The molecule has 0 atom stereocenters. The molecule has 0 unspecified atom stereocenters. The van der Waals surface area contributed by atoms with Gasteiger partial charge in [0.1, 0.15) is 16.8 Å².